The summed E-state index contributed by atoms with van der Waals surface area (Å²) >= 11 is 13.1. The molecule has 2 aliphatic carbocycles. The average Bonchev–Trinajstić information content (AvgIpc) is 3.30. The molecule has 9 heteroatoms. The highest BCUT2D eigenvalue weighted by atomic mass is 79.9. The second-order valence-corrected chi connectivity index (χ2v) is 10.3. The van der Waals surface area contributed by atoms with Gasteiger partial charge in [-0.15, -0.1) is 0 Å². The van der Waals surface area contributed by atoms with Crippen molar-refractivity contribution in [2.45, 2.75) is 29.0 Å². The predicted octanol–water partition coefficient (Wildman–Crippen LogP) is 3.23. The maximum Gasteiger partial charge on any atom is 0.329 e. The summed E-state index contributed by atoms with van der Waals surface area (Å²) in [5, 5.41) is 0.495. The minimum Gasteiger partial charge on any atom is -0.456 e. The van der Waals surface area contributed by atoms with Gasteiger partial charge in [-0.05, 0) is 49.4 Å². The van der Waals surface area contributed by atoms with E-state index in [0.717, 1.165) is 11.3 Å². The lowest BCUT2D eigenvalue weighted by atomic mass is 9.81. The van der Waals surface area contributed by atoms with Crippen molar-refractivity contribution in [2.24, 2.45) is 23.7 Å². The van der Waals surface area contributed by atoms with Crippen molar-refractivity contribution < 1.29 is 23.9 Å². The Balaban J connectivity index is 1.42. The van der Waals surface area contributed by atoms with Gasteiger partial charge in [0.05, 0.1) is 11.8 Å². The van der Waals surface area contributed by atoms with Crippen LogP contribution < -0.4 is 0 Å². The van der Waals surface area contributed by atoms with Crippen LogP contribution in [0.5, 0.6) is 0 Å². The molecule has 29 heavy (non-hydrogen) atoms. The van der Waals surface area contributed by atoms with Gasteiger partial charge in [0.1, 0.15) is 6.04 Å². The smallest absolute Gasteiger partial charge is 0.329 e. The standard InChI is InChI=1S/C20H18Br2ClNO5/c1-8(20(28)29-7-13(25)9-2-4-10(23)5-3-9)24-18(26)14-11-6-12(15(14)19(24)27)17(22)16(11)21/h2-5,8,11-12,14-17H,6-7H2,1H3/t8-,11-,12-,14-,15-,16-,17+/m1/s1. The highest BCUT2D eigenvalue weighted by Crippen LogP contribution is 2.60. The molecular weight excluding hydrogens is 529 g/mol. The molecule has 1 heterocycles. The normalized spacial score (nSPS) is 33.7. The molecule has 0 unspecified atom stereocenters. The largest absolute Gasteiger partial charge is 0.456 e. The first-order valence-corrected chi connectivity index (χ1v) is 11.5. The third-order valence-electron chi connectivity index (χ3n) is 6.26. The van der Waals surface area contributed by atoms with E-state index < -0.39 is 30.5 Å². The Morgan fingerprint density at radius 3 is 2.14 bits per heavy atom. The van der Waals surface area contributed by atoms with Gasteiger partial charge in [-0.2, -0.15) is 0 Å². The number of hydrogen-bond donors (Lipinski definition) is 0. The van der Waals surface area contributed by atoms with E-state index in [9.17, 15) is 19.2 Å². The van der Waals surface area contributed by atoms with Gasteiger partial charge in [0.25, 0.3) is 0 Å². The predicted molar refractivity (Wildman–Crippen MR) is 112 cm³/mol. The number of rotatable bonds is 5. The number of nitrogens with zero attached hydrogens (tertiary/aromatic N) is 1. The van der Waals surface area contributed by atoms with E-state index in [-0.39, 0.29) is 39.1 Å². The molecule has 1 saturated heterocycles. The summed E-state index contributed by atoms with van der Waals surface area (Å²) in [6, 6.07) is 5.16. The van der Waals surface area contributed by atoms with Gasteiger partial charge in [-0.3, -0.25) is 19.3 Å². The van der Waals surface area contributed by atoms with Crippen LogP contribution in [0.3, 0.4) is 0 Å². The van der Waals surface area contributed by atoms with Crippen LogP contribution >= 0.6 is 43.5 Å². The number of carbonyl (C=O) groups excluding carboxylic acids is 4. The number of alkyl halides is 2. The number of hydrogen-bond acceptors (Lipinski definition) is 5. The number of esters is 1. The van der Waals surface area contributed by atoms with Crippen molar-refractivity contribution >= 4 is 67.0 Å². The summed E-state index contributed by atoms with van der Waals surface area (Å²) in [6.45, 7) is 0.997. The van der Waals surface area contributed by atoms with Crippen LogP contribution in [0, 0.1) is 23.7 Å². The molecule has 0 spiro atoms. The van der Waals surface area contributed by atoms with E-state index >= 15 is 0 Å². The summed E-state index contributed by atoms with van der Waals surface area (Å²) in [4.78, 5) is 51.9. The minimum absolute atomic E-state index is 0.0746. The van der Waals surface area contributed by atoms with Crippen molar-refractivity contribution in [1.82, 2.24) is 4.90 Å². The number of halogens is 3. The number of Topliss-reactive ketones (excluding diaryl/α,β-unsaturated/α-hetero) is 1. The number of imide groups is 1. The van der Waals surface area contributed by atoms with Crippen LogP contribution in [0.15, 0.2) is 24.3 Å². The summed E-state index contributed by atoms with van der Waals surface area (Å²) in [6.07, 6.45) is 0.820. The topological polar surface area (TPSA) is 80.8 Å². The van der Waals surface area contributed by atoms with Crippen LogP contribution in [0.2, 0.25) is 5.02 Å². The fourth-order valence-electron chi connectivity index (χ4n) is 4.84. The Labute approximate surface area is 189 Å². The molecule has 154 valence electrons. The van der Waals surface area contributed by atoms with E-state index in [1.807, 2.05) is 0 Å². The molecule has 0 radical (unpaired) electrons. The van der Waals surface area contributed by atoms with Gasteiger partial charge in [0, 0.05) is 20.2 Å². The van der Waals surface area contributed by atoms with Crippen molar-refractivity contribution in [2.75, 3.05) is 6.61 Å². The lowest BCUT2D eigenvalue weighted by molar-refractivity contribution is -0.157. The van der Waals surface area contributed by atoms with Crippen LogP contribution in [-0.2, 0) is 19.1 Å². The summed E-state index contributed by atoms with van der Waals surface area (Å²) < 4.78 is 5.11. The molecule has 2 saturated carbocycles. The van der Waals surface area contributed by atoms with Crippen molar-refractivity contribution in [3.05, 3.63) is 34.9 Å². The molecule has 1 aliphatic heterocycles. The Bertz CT molecular complexity index is 859. The van der Waals surface area contributed by atoms with Gasteiger partial charge in [0.2, 0.25) is 11.8 Å². The van der Waals surface area contributed by atoms with Crippen molar-refractivity contribution in [1.29, 1.82) is 0 Å². The van der Waals surface area contributed by atoms with Crippen LogP contribution in [-0.4, -0.2) is 50.8 Å². The number of amides is 2. The number of ketones is 1. The van der Waals surface area contributed by atoms with E-state index in [2.05, 4.69) is 31.9 Å². The summed E-state index contributed by atoms with van der Waals surface area (Å²) in [7, 11) is 0. The van der Waals surface area contributed by atoms with Gasteiger partial charge >= 0.3 is 5.97 Å². The molecule has 2 bridgehead atoms. The summed E-state index contributed by atoms with van der Waals surface area (Å²) in [5.41, 5.74) is 0.362. The molecule has 2 amide bonds. The monoisotopic (exact) mass is 545 g/mol. The zero-order valence-corrected chi connectivity index (χ0v) is 19.3. The SMILES string of the molecule is C[C@H](C(=O)OCC(=O)c1ccc(Cl)cc1)N1C(=O)[C@@H]2[C@H]3C[C@@H]([C@@H](Br)[C@H]3Br)[C@H]2C1=O. The van der Waals surface area contributed by atoms with E-state index in [1.165, 1.54) is 6.92 Å². The quantitative estimate of drug-likeness (QED) is 0.245. The highest BCUT2D eigenvalue weighted by Gasteiger charge is 2.67. The number of likely N-dealkylation sites (tertiary alicyclic amines) is 1. The van der Waals surface area contributed by atoms with Crippen LogP contribution in [0.4, 0.5) is 0 Å². The molecule has 0 N–H and O–H groups in total. The Morgan fingerprint density at radius 1 is 1.10 bits per heavy atom. The van der Waals surface area contributed by atoms with Crippen LogP contribution in [0.1, 0.15) is 23.7 Å². The number of benzene rings is 1. The highest BCUT2D eigenvalue weighted by molar-refractivity contribution is 9.12. The zero-order chi connectivity index (χ0) is 21.0. The Hall–Kier alpha value is -1.25. The fourth-order valence-corrected chi connectivity index (χ4v) is 6.83. The minimum atomic E-state index is -1.07. The third kappa shape index (κ3) is 3.37. The lowest BCUT2D eigenvalue weighted by Gasteiger charge is -2.28. The molecule has 4 rings (SSSR count). The number of fused-ring (bicyclic) bond motifs is 5. The van der Waals surface area contributed by atoms with Crippen molar-refractivity contribution in [3.63, 3.8) is 0 Å². The first-order valence-electron chi connectivity index (χ1n) is 9.32. The maximum absolute atomic E-state index is 13.0. The number of ether oxygens (including phenoxy) is 1. The second kappa shape index (κ2) is 7.78. The van der Waals surface area contributed by atoms with E-state index in [1.54, 1.807) is 24.3 Å². The first-order chi connectivity index (χ1) is 13.7. The molecule has 1 aromatic carbocycles. The average molecular weight is 548 g/mol. The van der Waals surface area contributed by atoms with Gasteiger partial charge in [0.15, 0.2) is 12.4 Å². The summed E-state index contributed by atoms with van der Waals surface area (Å²) in [5.74, 6) is -2.42. The molecular formula is C20H18Br2ClNO5. The molecule has 0 aromatic heterocycles. The maximum atomic E-state index is 13.0. The molecule has 6 nitrogen and oxygen atoms in total. The number of carbonyl (C=O) groups is 4. The molecule has 7 atom stereocenters. The fraction of sp³-hybridized carbons (Fsp3) is 0.500. The van der Waals surface area contributed by atoms with Crippen LogP contribution in [0.25, 0.3) is 0 Å². The molecule has 3 fully saturated rings. The van der Waals surface area contributed by atoms with Gasteiger partial charge < -0.3 is 4.74 Å². The first kappa shape index (κ1) is 21.0. The zero-order valence-electron chi connectivity index (χ0n) is 15.4. The van der Waals surface area contributed by atoms with Gasteiger partial charge in [-0.1, -0.05) is 43.5 Å². The van der Waals surface area contributed by atoms with Crippen molar-refractivity contribution in [3.8, 4) is 0 Å². The third-order valence-corrected chi connectivity index (χ3v) is 9.72. The lowest BCUT2D eigenvalue weighted by Crippen LogP contribution is -2.45. The molecule has 1 aromatic rings. The molecule has 3 aliphatic rings. The second-order valence-electron chi connectivity index (χ2n) is 7.76. The Kier molecular flexibility index (Phi) is 5.63. The van der Waals surface area contributed by atoms with E-state index in [0.29, 0.717) is 10.6 Å². The van der Waals surface area contributed by atoms with Gasteiger partial charge in [-0.25, -0.2) is 4.79 Å². The Morgan fingerprint density at radius 2 is 1.62 bits per heavy atom. The van der Waals surface area contributed by atoms with E-state index in [4.69, 9.17) is 16.3 Å².